The zero-order chi connectivity index (χ0) is 15.2. The van der Waals surface area contributed by atoms with E-state index in [9.17, 15) is 4.79 Å². The van der Waals surface area contributed by atoms with Crippen molar-refractivity contribution in [2.75, 3.05) is 17.7 Å². The number of carbonyl (C=O) groups is 1. The van der Waals surface area contributed by atoms with Gasteiger partial charge in [0.1, 0.15) is 5.82 Å². The van der Waals surface area contributed by atoms with Gasteiger partial charge in [-0.2, -0.15) is 0 Å². The van der Waals surface area contributed by atoms with E-state index in [-0.39, 0.29) is 0 Å². The van der Waals surface area contributed by atoms with Crippen molar-refractivity contribution in [2.45, 2.75) is 19.8 Å². The SMILES string of the molecule is COC(=O)Nc1ccc(Nc2ccc(C(C)C)cc2)nc1. The Labute approximate surface area is 124 Å². The normalized spacial score (nSPS) is 10.3. The van der Waals surface area contributed by atoms with Crippen LogP contribution < -0.4 is 10.6 Å². The lowest BCUT2D eigenvalue weighted by atomic mass is 10.0. The molecule has 0 aliphatic rings. The Bertz CT molecular complexity index is 592. The summed E-state index contributed by atoms with van der Waals surface area (Å²) in [6.45, 7) is 4.33. The minimum absolute atomic E-state index is 0.512. The highest BCUT2D eigenvalue weighted by Gasteiger charge is 2.02. The number of anilines is 3. The number of aromatic nitrogens is 1. The Hall–Kier alpha value is -2.56. The highest BCUT2D eigenvalue weighted by Crippen LogP contribution is 2.20. The van der Waals surface area contributed by atoms with Crippen LogP contribution in [0.5, 0.6) is 0 Å². The molecule has 0 saturated carbocycles. The molecule has 5 heteroatoms. The van der Waals surface area contributed by atoms with Crippen LogP contribution in [0.1, 0.15) is 25.3 Å². The molecule has 2 N–H and O–H groups in total. The fraction of sp³-hybridized carbons (Fsp3) is 0.250. The molecule has 2 rings (SSSR count). The summed E-state index contributed by atoms with van der Waals surface area (Å²) in [5.41, 5.74) is 2.86. The van der Waals surface area contributed by atoms with E-state index in [1.165, 1.54) is 12.7 Å². The molecule has 1 aromatic heterocycles. The monoisotopic (exact) mass is 285 g/mol. The van der Waals surface area contributed by atoms with Crippen molar-refractivity contribution in [3.05, 3.63) is 48.2 Å². The molecule has 1 amide bonds. The molecule has 0 unspecified atom stereocenters. The molecule has 5 nitrogen and oxygen atoms in total. The lowest BCUT2D eigenvalue weighted by Gasteiger charge is -2.09. The Balaban J connectivity index is 2.01. The fourth-order valence-electron chi connectivity index (χ4n) is 1.81. The van der Waals surface area contributed by atoms with Gasteiger partial charge in [-0.15, -0.1) is 0 Å². The van der Waals surface area contributed by atoms with E-state index >= 15 is 0 Å². The maximum absolute atomic E-state index is 11.1. The molecule has 0 radical (unpaired) electrons. The third-order valence-corrected chi connectivity index (χ3v) is 3.05. The highest BCUT2D eigenvalue weighted by atomic mass is 16.5. The summed E-state index contributed by atoms with van der Waals surface area (Å²) in [6.07, 6.45) is 1.06. The second kappa shape index (κ2) is 6.74. The van der Waals surface area contributed by atoms with E-state index in [1.807, 2.05) is 12.1 Å². The molecule has 0 aliphatic carbocycles. The van der Waals surface area contributed by atoms with Crippen LogP contribution in [0.15, 0.2) is 42.6 Å². The summed E-state index contributed by atoms with van der Waals surface area (Å²) in [5.74, 6) is 1.23. The smallest absolute Gasteiger partial charge is 0.411 e. The van der Waals surface area contributed by atoms with Crippen LogP contribution in [-0.2, 0) is 4.74 Å². The number of benzene rings is 1. The van der Waals surface area contributed by atoms with E-state index in [1.54, 1.807) is 18.3 Å². The largest absolute Gasteiger partial charge is 0.453 e. The first-order chi connectivity index (χ1) is 10.1. The number of amides is 1. The molecule has 2 aromatic rings. The Morgan fingerprint density at radius 3 is 2.29 bits per heavy atom. The Morgan fingerprint density at radius 2 is 1.76 bits per heavy atom. The summed E-state index contributed by atoms with van der Waals surface area (Å²) in [5, 5.41) is 5.76. The molecule has 1 heterocycles. The molecule has 0 atom stereocenters. The number of hydrogen-bond donors (Lipinski definition) is 2. The van der Waals surface area contributed by atoms with Crippen molar-refractivity contribution in [2.24, 2.45) is 0 Å². The fourth-order valence-corrected chi connectivity index (χ4v) is 1.81. The lowest BCUT2D eigenvalue weighted by molar-refractivity contribution is 0.187. The van der Waals surface area contributed by atoms with Crippen LogP contribution in [0.25, 0.3) is 0 Å². The van der Waals surface area contributed by atoms with Crippen molar-refractivity contribution < 1.29 is 9.53 Å². The van der Waals surface area contributed by atoms with Gasteiger partial charge in [0.25, 0.3) is 0 Å². The molecule has 0 spiro atoms. The first-order valence-electron chi connectivity index (χ1n) is 6.76. The van der Waals surface area contributed by atoms with Crippen molar-refractivity contribution >= 4 is 23.3 Å². The summed E-state index contributed by atoms with van der Waals surface area (Å²) in [4.78, 5) is 15.3. The summed E-state index contributed by atoms with van der Waals surface area (Å²) in [7, 11) is 1.32. The number of methoxy groups -OCH3 is 1. The first kappa shape index (κ1) is 14.8. The molecule has 110 valence electrons. The van der Waals surface area contributed by atoms with Gasteiger partial charge in [0.05, 0.1) is 19.0 Å². The minimum Gasteiger partial charge on any atom is -0.453 e. The Kier molecular flexibility index (Phi) is 4.77. The number of carbonyl (C=O) groups excluding carboxylic acids is 1. The van der Waals surface area contributed by atoms with Crippen molar-refractivity contribution in [3.63, 3.8) is 0 Å². The summed E-state index contributed by atoms with van der Waals surface area (Å²) >= 11 is 0. The Morgan fingerprint density at radius 1 is 1.10 bits per heavy atom. The number of pyridine rings is 1. The lowest BCUT2D eigenvalue weighted by Crippen LogP contribution is -2.11. The molecular formula is C16H19N3O2. The van der Waals surface area contributed by atoms with Gasteiger partial charge in [0, 0.05) is 5.69 Å². The third-order valence-electron chi connectivity index (χ3n) is 3.05. The summed E-state index contributed by atoms with van der Waals surface area (Å²) in [6, 6.07) is 11.8. The van der Waals surface area contributed by atoms with E-state index in [0.29, 0.717) is 17.4 Å². The zero-order valence-corrected chi connectivity index (χ0v) is 12.4. The zero-order valence-electron chi connectivity index (χ0n) is 12.4. The average Bonchev–Trinajstić information content (AvgIpc) is 2.49. The molecule has 0 fully saturated rings. The number of rotatable bonds is 4. The van der Waals surface area contributed by atoms with Crippen LogP contribution >= 0.6 is 0 Å². The molecular weight excluding hydrogens is 266 g/mol. The van der Waals surface area contributed by atoms with Crippen molar-refractivity contribution in [3.8, 4) is 0 Å². The number of ether oxygens (including phenoxy) is 1. The third kappa shape index (κ3) is 4.21. The van der Waals surface area contributed by atoms with Crippen LogP contribution in [0, 0.1) is 0 Å². The van der Waals surface area contributed by atoms with Crippen LogP contribution in [0.4, 0.5) is 22.0 Å². The number of nitrogens with zero attached hydrogens (tertiary/aromatic N) is 1. The standard InChI is InChI=1S/C16H19N3O2/c1-11(2)12-4-6-13(7-5-12)18-15-9-8-14(10-17-15)19-16(20)21-3/h4-11H,1-3H3,(H,17,18)(H,19,20). The molecule has 0 saturated heterocycles. The van der Waals surface area contributed by atoms with E-state index < -0.39 is 6.09 Å². The predicted octanol–water partition coefficient (Wildman–Crippen LogP) is 4.13. The van der Waals surface area contributed by atoms with E-state index in [0.717, 1.165) is 5.69 Å². The highest BCUT2D eigenvalue weighted by molar-refractivity contribution is 5.84. The summed E-state index contributed by atoms with van der Waals surface area (Å²) < 4.78 is 4.52. The molecule has 1 aromatic carbocycles. The molecule has 21 heavy (non-hydrogen) atoms. The van der Waals surface area contributed by atoms with Crippen molar-refractivity contribution in [1.82, 2.24) is 4.98 Å². The quantitative estimate of drug-likeness (QED) is 0.886. The number of hydrogen-bond acceptors (Lipinski definition) is 4. The topological polar surface area (TPSA) is 63.2 Å². The van der Waals surface area contributed by atoms with Crippen molar-refractivity contribution in [1.29, 1.82) is 0 Å². The minimum atomic E-state index is -0.512. The average molecular weight is 285 g/mol. The molecule has 0 aliphatic heterocycles. The van der Waals surface area contributed by atoms with E-state index in [4.69, 9.17) is 0 Å². The van der Waals surface area contributed by atoms with Crippen LogP contribution in [-0.4, -0.2) is 18.2 Å². The first-order valence-corrected chi connectivity index (χ1v) is 6.76. The maximum Gasteiger partial charge on any atom is 0.411 e. The maximum atomic E-state index is 11.1. The van der Waals surface area contributed by atoms with Crippen LogP contribution in [0.3, 0.4) is 0 Å². The van der Waals surface area contributed by atoms with Gasteiger partial charge in [-0.05, 0) is 35.7 Å². The number of nitrogens with one attached hydrogen (secondary N) is 2. The van der Waals surface area contributed by atoms with Gasteiger partial charge in [0.2, 0.25) is 0 Å². The van der Waals surface area contributed by atoms with Gasteiger partial charge in [-0.3, -0.25) is 5.32 Å². The van der Waals surface area contributed by atoms with Gasteiger partial charge < -0.3 is 10.1 Å². The van der Waals surface area contributed by atoms with Crippen LogP contribution in [0.2, 0.25) is 0 Å². The van der Waals surface area contributed by atoms with Gasteiger partial charge >= 0.3 is 6.09 Å². The van der Waals surface area contributed by atoms with E-state index in [2.05, 4.69) is 46.3 Å². The molecule has 0 bridgehead atoms. The second-order valence-electron chi connectivity index (χ2n) is 4.95. The van der Waals surface area contributed by atoms with Gasteiger partial charge in [-0.1, -0.05) is 26.0 Å². The second-order valence-corrected chi connectivity index (χ2v) is 4.95. The van der Waals surface area contributed by atoms with Gasteiger partial charge in [0.15, 0.2) is 0 Å². The predicted molar refractivity (Wildman–Crippen MR) is 84.1 cm³/mol. The van der Waals surface area contributed by atoms with Gasteiger partial charge in [-0.25, -0.2) is 9.78 Å².